The molecule has 0 bridgehead atoms. The molecule has 0 rings (SSSR count). The molecule has 0 amide bonds. The van der Waals surface area contributed by atoms with Crippen molar-refractivity contribution in [2.45, 2.75) is 264 Å². The van der Waals surface area contributed by atoms with Gasteiger partial charge in [-0.05, 0) is 135 Å². The molecule has 0 heterocycles. The third-order valence-electron chi connectivity index (χ3n) is 14.2. The number of allylic oxidation sites excluding steroid dienone is 28. The highest BCUT2D eigenvalue weighted by Gasteiger charge is 2.27. The molecule has 0 spiro atoms. The Balaban J connectivity index is 4.19. The molecule has 10 heteroatoms. The summed E-state index contributed by atoms with van der Waals surface area (Å²) >= 11 is 0. The molecule has 0 radical (unpaired) electrons. The Morgan fingerprint density at radius 1 is 0.364 bits per heavy atom. The van der Waals surface area contributed by atoms with Crippen molar-refractivity contribution in [1.29, 1.82) is 0 Å². The molecular formula is C78H129NO8P+. The van der Waals surface area contributed by atoms with Crippen LogP contribution in [0.5, 0.6) is 0 Å². The molecule has 2 atom stereocenters. The van der Waals surface area contributed by atoms with Crippen LogP contribution in [0.1, 0.15) is 258 Å². The molecule has 0 aromatic heterocycles. The minimum absolute atomic E-state index is 0.0178. The van der Waals surface area contributed by atoms with Gasteiger partial charge in [-0.1, -0.05) is 280 Å². The zero-order chi connectivity index (χ0) is 64.1. The first-order valence-corrected chi connectivity index (χ1v) is 36.4. The van der Waals surface area contributed by atoms with E-state index in [0.717, 1.165) is 148 Å². The van der Waals surface area contributed by atoms with Gasteiger partial charge in [0.15, 0.2) is 6.10 Å². The number of carbonyl (C=O) groups excluding carboxylic acids is 2. The van der Waals surface area contributed by atoms with Gasteiger partial charge in [0.05, 0.1) is 27.7 Å². The first-order valence-electron chi connectivity index (χ1n) is 34.9. The molecule has 0 aliphatic heterocycles. The molecule has 1 N–H and O–H groups in total. The molecular weight excluding hydrogens is 1110 g/mol. The van der Waals surface area contributed by atoms with Crippen molar-refractivity contribution in [3.63, 3.8) is 0 Å². The maximum absolute atomic E-state index is 12.9. The number of carbonyl (C=O) groups is 2. The van der Waals surface area contributed by atoms with Gasteiger partial charge >= 0.3 is 19.8 Å². The van der Waals surface area contributed by atoms with Crippen LogP contribution in [0, 0.1) is 0 Å². The van der Waals surface area contributed by atoms with Gasteiger partial charge in [-0.3, -0.25) is 18.6 Å². The summed E-state index contributed by atoms with van der Waals surface area (Å²) in [5, 5.41) is 0. The van der Waals surface area contributed by atoms with Crippen LogP contribution in [-0.4, -0.2) is 74.9 Å². The monoisotopic (exact) mass is 1240 g/mol. The van der Waals surface area contributed by atoms with E-state index in [1.807, 2.05) is 21.1 Å². The van der Waals surface area contributed by atoms with Gasteiger partial charge in [0.25, 0.3) is 0 Å². The minimum atomic E-state index is -4.41. The quantitative estimate of drug-likeness (QED) is 0.0211. The predicted octanol–water partition coefficient (Wildman–Crippen LogP) is 22.9. The summed E-state index contributed by atoms with van der Waals surface area (Å²) in [7, 11) is 1.44. The number of esters is 2. The van der Waals surface area contributed by atoms with Crippen molar-refractivity contribution in [3.8, 4) is 0 Å². The number of hydrogen-bond donors (Lipinski definition) is 1. The summed E-state index contributed by atoms with van der Waals surface area (Å²) in [5.74, 6) is -0.833. The van der Waals surface area contributed by atoms with E-state index in [2.05, 4.69) is 184 Å². The lowest BCUT2D eigenvalue weighted by Crippen LogP contribution is -2.37. The molecule has 0 aromatic carbocycles. The van der Waals surface area contributed by atoms with Crippen molar-refractivity contribution in [3.05, 3.63) is 170 Å². The van der Waals surface area contributed by atoms with Crippen LogP contribution in [0.4, 0.5) is 0 Å². The summed E-state index contributed by atoms with van der Waals surface area (Å²) in [6, 6.07) is 0. The first kappa shape index (κ1) is 83.4. The van der Waals surface area contributed by atoms with Gasteiger partial charge < -0.3 is 18.9 Å². The molecule has 88 heavy (non-hydrogen) atoms. The fraction of sp³-hybridized carbons (Fsp3) is 0.615. The molecule has 9 nitrogen and oxygen atoms in total. The average molecular weight is 1240 g/mol. The second kappa shape index (κ2) is 66.8. The molecule has 0 saturated heterocycles. The van der Waals surface area contributed by atoms with Crippen LogP contribution < -0.4 is 0 Å². The lowest BCUT2D eigenvalue weighted by atomic mass is 10.1. The number of ether oxygens (including phenoxy) is 2. The second-order valence-corrected chi connectivity index (χ2v) is 25.3. The van der Waals surface area contributed by atoms with E-state index in [1.54, 1.807) is 0 Å². The first-order chi connectivity index (χ1) is 43.0. The third-order valence-corrected chi connectivity index (χ3v) is 15.2. The van der Waals surface area contributed by atoms with Crippen LogP contribution in [-0.2, 0) is 32.7 Å². The van der Waals surface area contributed by atoms with Crippen LogP contribution in [0.15, 0.2) is 170 Å². The van der Waals surface area contributed by atoms with Gasteiger partial charge in [0.1, 0.15) is 19.8 Å². The molecule has 0 fully saturated rings. The van der Waals surface area contributed by atoms with Crippen LogP contribution in [0.25, 0.3) is 0 Å². The topological polar surface area (TPSA) is 108 Å². The number of quaternary nitrogens is 1. The molecule has 498 valence electrons. The largest absolute Gasteiger partial charge is 0.472 e. The smallest absolute Gasteiger partial charge is 0.462 e. The van der Waals surface area contributed by atoms with E-state index in [4.69, 9.17) is 18.5 Å². The summed E-state index contributed by atoms with van der Waals surface area (Å²) < 4.78 is 34.7. The number of hydrogen-bond acceptors (Lipinski definition) is 7. The van der Waals surface area contributed by atoms with Gasteiger partial charge in [-0.25, -0.2) is 4.57 Å². The van der Waals surface area contributed by atoms with Gasteiger partial charge in [-0.2, -0.15) is 0 Å². The Morgan fingerprint density at radius 2 is 0.648 bits per heavy atom. The number of phosphoric ester groups is 1. The van der Waals surface area contributed by atoms with Crippen LogP contribution in [0.2, 0.25) is 0 Å². The SMILES string of the molecule is CC/C=C\C/C=C\C/C=C\C/C=C\C/C=C\C/C=C\C/C=C\C/C=C\C/C=C\C/C=C\C/C=C\CCCCCCCC(=O)OC(COC(=O)CCCCCCCCCCCC/C=C\C/C=C\C/C=C\CCCCCCC)COP(=O)(O)OCC[N+](C)(C)C. The summed E-state index contributed by atoms with van der Waals surface area (Å²) in [6.45, 7) is 4.27. The number of likely N-dealkylation sites (N-methyl/N-ethyl adjacent to an activating group) is 1. The number of rotatable bonds is 62. The summed E-state index contributed by atoms with van der Waals surface area (Å²) in [4.78, 5) is 35.9. The van der Waals surface area contributed by atoms with Crippen molar-refractivity contribution < 1.29 is 42.1 Å². The van der Waals surface area contributed by atoms with E-state index in [0.29, 0.717) is 17.4 Å². The fourth-order valence-electron chi connectivity index (χ4n) is 8.91. The molecule has 2 unspecified atom stereocenters. The third kappa shape index (κ3) is 70.5. The average Bonchev–Trinajstić information content (AvgIpc) is 3.68. The maximum atomic E-state index is 12.9. The lowest BCUT2D eigenvalue weighted by molar-refractivity contribution is -0.870. The Bertz CT molecular complexity index is 2090. The van der Waals surface area contributed by atoms with Crippen molar-refractivity contribution >= 4 is 19.8 Å². The van der Waals surface area contributed by atoms with Crippen molar-refractivity contribution in [1.82, 2.24) is 0 Å². The summed E-state index contributed by atoms with van der Waals surface area (Å²) in [5.41, 5.74) is 0. The minimum Gasteiger partial charge on any atom is -0.462 e. The van der Waals surface area contributed by atoms with Crippen LogP contribution in [0.3, 0.4) is 0 Å². The lowest BCUT2D eigenvalue weighted by Gasteiger charge is -2.24. The fourth-order valence-corrected chi connectivity index (χ4v) is 9.65. The highest BCUT2D eigenvalue weighted by atomic mass is 31.2. The zero-order valence-electron chi connectivity index (χ0n) is 56.6. The highest BCUT2D eigenvalue weighted by Crippen LogP contribution is 2.43. The Kier molecular flexibility index (Phi) is 63.3. The molecule has 0 aliphatic carbocycles. The normalized spacial score (nSPS) is 14.2. The van der Waals surface area contributed by atoms with Gasteiger partial charge in [0, 0.05) is 12.8 Å². The molecule has 0 aliphatic rings. The van der Waals surface area contributed by atoms with Gasteiger partial charge in [0.2, 0.25) is 0 Å². The standard InChI is InChI=1S/C78H128NO8P/c1-6-8-10-12-14-16-18-20-22-24-26-28-30-32-33-34-35-36-37-38-39-40-41-42-43-44-45-47-49-51-53-55-57-59-61-63-65-67-69-71-78(81)87-76(75-86-88(82,83)85-73-72-79(3,4)5)74-84-77(80)70-68-66-64-62-60-58-56-54-52-50-48-46-31-29-27-25-23-21-19-17-15-13-11-9-7-2/h8,10,14,16,19-22,25-28,31-33,35-36,38-39,41-42,44-46,49,51,55,57,76H,6-7,9,11-13,15,17-18,23-24,29-30,34,37,40,43,47-48,50,52-54,56,58-75H2,1-5H3/p+1/b10-8-,16-14-,21-19-,22-20-,27-25-,28-26-,33-32-,36-35-,39-38-,42-41-,45-44-,46-31-,51-49-,57-55-. The Morgan fingerprint density at radius 3 is 0.966 bits per heavy atom. The maximum Gasteiger partial charge on any atom is 0.472 e. The van der Waals surface area contributed by atoms with E-state index in [1.165, 1.54) is 77.0 Å². The van der Waals surface area contributed by atoms with E-state index in [9.17, 15) is 19.0 Å². The number of phosphoric acid groups is 1. The number of nitrogens with zero attached hydrogens (tertiary/aromatic N) is 1. The van der Waals surface area contributed by atoms with Crippen LogP contribution >= 0.6 is 7.82 Å². The Labute approximate surface area is 540 Å². The van der Waals surface area contributed by atoms with Crippen molar-refractivity contribution in [2.75, 3.05) is 47.5 Å². The zero-order valence-corrected chi connectivity index (χ0v) is 57.5. The van der Waals surface area contributed by atoms with Gasteiger partial charge in [-0.15, -0.1) is 0 Å². The molecule has 0 saturated carbocycles. The molecule has 0 aromatic rings. The van der Waals surface area contributed by atoms with E-state index in [-0.39, 0.29) is 32.0 Å². The van der Waals surface area contributed by atoms with Crippen molar-refractivity contribution in [2.24, 2.45) is 0 Å². The number of unbranched alkanes of at least 4 members (excludes halogenated alkanes) is 20. The highest BCUT2D eigenvalue weighted by molar-refractivity contribution is 7.47. The second-order valence-electron chi connectivity index (χ2n) is 23.8. The van der Waals surface area contributed by atoms with E-state index < -0.39 is 26.5 Å². The predicted molar refractivity (Wildman–Crippen MR) is 380 cm³/mol. The van der Waals surface area contributed by atoms with E-state index >= 15 is 0 Å². The Hall–Kier alpha value is -4.63. The summed E-state index contributed by atoms with van der Waals surface area (Å²) in [6.07, 6.45) is 102.